The Kier molecular flexibility index (Phi) is 4.99. The van der Waals surface area contributed by atoms with Gasteiger partial charge < -0.3 is 10.6 Å². The maximum atomic E-state index is 3.74. The van der Waals surface area contributed by atoms with E-state index in [2.05, 4.69) is 66.1 Å². The van der Waals surface area contributed by atoms with Crippen LogP contribution in [0.2, 0.25) is 0 Å². The first kappa shape index (κ1) is 15.0. The van der Waals surface area contributed by atoms with Gasteiger partial charge >= 0.3 is 0 Å². The van der Waals surface area contributed by atoms with E-state index in [0.717, 1.165) is 17.3 Å². The summed E-state index contributed by atoms with van der Waals surface area (Å²) in [6.45, 7) is 2.33. The summed E-state index contributed by atoms with van der Waals surface area (Å²) in [7, 11) is 0. The maximum absolute atomic E-state index is 3.74. The number of rotatable bonds is 5. The van der Waals surface area contributed by atoms with Crippen molar-refractivity contribution in [3.8, 4) is 0 Å². The Morgan fingerprint density at radius 1 is 0.818 bits per heavy atom. The summed E-state index contributed by atoms with van der Waals surface area (Å²) in [6, 6.07) is 19.4. The zero-order chi connectivity index (χ0) is 15.2. The van der Waals surface area contributed by atoms with Crippen molar-refractivity contribution in [2.45, 2.75) is 45.1 Å². The van der Waals surface area contributed by atoms with Gasteiger partial charge in [0.15, 0.2) is 0 Å². The molecule has 0 saturated heterocycles. The van der Waals surface area contributed by atoms with E-state index in [4.69, 9.17) is 0 Å². The minimum absolute atomic E-state index is 0.527. The molecule has 2 nitrogen and oxygen atoms in total. The lowest BCUT2D eigenvalue weighted by Crippen LogP contribution is -2.27. The van der Waals surface area contributed by atoms with E-state index in [1.54, 1.807) is 0 Å². The van der Waals surface area contributed by atoms with Crippen LogP contribution in [-0.4, -0.2) is 6.04 Å². The van der Waals surface area contributed by atoms with E-state index in [1.807, 2.05) is 6.07 Å². The predicted molar refractivity (Wildman–Crippen MR) is 95.8 cm³/mol. The topological polar surface area (TPSA) is 24.1 Å². The van der Waals surface area contributed by atoms with Gasteiger partial charge in [0.25, 0.3) is 0 Å². The molecule has 116 valence electrons. The van der Waals surface area contributed by atoms with Gasteiger partial charge in [-0.25, -0.2) is 0 Å². The molecule has 3 rings (SSSR count). The molecule has 1 saturated carbocycles. The van der Waals surface area contributed by atoms with Gasteiger partial charge in [0.1, 0.15) is 0 Å². The van der Waals surface area contributed by atoms with Crippen LogP contribution in [0.15, 0.2) is 54.6 Å². The highest BCUT2D eigenvalue weighted by Gasteiger charge is 2.20. The van der Waals surface area contributed by atoms with Crippen molar-refractivity contribution in [3.63, 3.8) is 0 Å². The maximum Gasteiger partial charge on any atom is 0.0620 e. The monoisotopic (exact) mass is 294 g/mol. The third-order valence-electron chi connectivity index (χ3n) is 4.72. The van der Waals surface area contributed by atoms with Crippen LogP contribution in [0.1, 0.15) is 39.0 Å². The van der Waals surface area contributed by atoms with E-state index < -0.39 is 0 Å². The van der Waals surface area contributed by atoms with Gasteiger partial charge in [-0.2, -0.15) is 0 Å². The fraction of sp³-hybridized carbons (Fsp3) is 0.400. The summed E-state index contributed by atoms with van der Waals surface area (Å²) < 4.78 is 0. The molecule has 2 heteroatoms. The molecule has 2 aromatic rings. The second-order valence-electron chi connectivity index (χ2n) is 6.37. The smallest absolute Gasteiger partial charge is 0.0620 e. The van der Waals surface area contributed by atoms with Crippen LogP contribution in [0.25, 0.3) is 0 Å². The van der Waals surface area contributed by atoms with Crippen LogP contribution in [0.5, 0.6) is 0 Å². The van der Waals surface area contributed by atoms with E-state index in [-0.39, 0.29) is 0 Å². The van der Waals surface area contributed by atoms with E-state index >= 15 is 0 Å². The Hall–Kier alpha value is -1.96. The number of benzene rings is 2. The molecule has 0 spiro atoms. The highest BCUT2D eigenvalue weighted by Crippen LogP contribution is 2.31. The summed E-state index contributed by atoms with van der Waals surface area (Å²) in [5.41, 5.74) is 3.47. The van der Waals surface area contributed by atoms with E-state index in [1.165, 1.54) is 37.8 Å². The summed E-state index contributed by atoms with van der Waals surface area (Å²) in [4.78, 5) is 0. The minimum Gasteiger partial charge on any atom is -0.381 e. The van der Waals surface area contributed by atoms with Crippen LogP contribution >= 0.6 is 0 Å². The van der Waals surface area contributed by atoms with Crippen molar-refractivity contribution in [1.82, 2.24) is 0 Å². The highest BCUT2D eigenvalue weighted by atomic mass is 15.0. The van der Waals surface area contributed by atoms with Crippen LogP contribution in [0, 0.1) is 5.92 Å². The quantitative estimate of drug-likeness (QED) is 0.727. The van der Waals surface area contributed by atoms with Gasteiger partial charge in [-0.15, -0.1) is 0 Å². The first-order valence-corrected chi connectivity index (χ1v) is 8.50. The van der Waals surface area contributed by atoms with Crippen LogP contribution in [0.4, 0.5) is 17.1 Å². The molecule has 0 heterocycles. The SMILES string of the molecule is C[C@H](Nc1ccccc1Nc1ccccc1)C1CCCCC1. The van der Waals surface area contributed by atoms with Crippen LogP contribution in [-0.2, 0) is 0 Å². The summed E-state index contributed by atoms with van der Waals surface area (Å²) in [5.74, 6) is 0.804. The molecule has 0 amide bonds. The molecule has 0 aliphatic heterocycles. The van der Waals surface area contributed by atoms with E-state index in [9.17, 15) is 0 Å². The summed E-state index contributed by atoms with van der Waals surface area (Å²) in [6.07, 6.45) is 6.92. The van der Waals surface area contributed by atoms with Crippen molar-refractivity contribution in [2.75, 3.05) is 10.6 Å². The minimum atomic E-state index is 0.527. The Bertz CT molecular complexity index is 573. The fourth-order valence-electron chi connectivity index (χ4n) is 3.39. The molecule has 0 bridgehead atoms. The standard InChI is InChI=1S/C20H26N2/c1-16(17-10-4-2-5-11-17)21-19-14-8-9-15-20(19)22-18-12-6-3-7-13-18/h3,6-9,12-17,21-22H,2,4-5,10-11H2,1H3/t16-/m0/s1. The van der Waals surface area contributed by atoms with Gasteiger partial charge in [-0.05, 0) is 49.9 Å². The van der Waals surface area contributed by atoms with Crippen molar-refractivity contribution in [1.29, 1.82) is 0 Å². The average molecular weight is 294 g/mol. The molecule has 2 N–H and O–H groups in total. The summed E-state index contributed by atoms with van der Waals surface area (Å²) in [5, 5.41) is 7.26. The highest BCUT2D eigenvalue weighted by molar-refractivity contribution is 5.74. The van der Waals surface area contributed by atoms with Gasteiger partial charge in [0.2, 0.25) is 0 Å². The number of hydrogen-bond donors (Lipinski definition) is 2. The lowest BCUT2D eigenvalue weighted by molar-refractivity contribution is 0.328. The zero-order valence-electron chi connectivity index (χ0n) is 13.4. The molecular weight excluding hydrogens is 268 g/mol. The lowest BCUT2D eigenvalue weighted by Gasteiger charge is -2.29. The Balaban J connectivity index is 1.70. The molecule has 0 unspecified atom stereocenters. The lowest BCUT2D eigenvalue weighted by atomic mass is 9.84. The molecular formula is C20H26N2. The first-order valence-electron chi connectivity index (χ1n) is 8.50. The van der Waals surface area contributed by atoms with Crippen LogP contribution < -0.4 is 10.6 Å². The van der Waals surface area contributed by atoms with Gasteiger partial charge in [-0.3, -0.25) is 0 Å². The number of anilines is 3. The van der Waals surface area contributed by atoms with E-state index in [0.29, 0.717) is 6.04 Å². The molecule has 2 aromatic carbocycles. The molecule has 1 aliphatic rings. The second-order valence-corrected chi connectivity index (χ2v) is 6.37. The first-order chi connectivity index (χ1) is 10.8. The molecule has 1 atom stereocenters. The third-order valence-corrected chi connectivity index (χ3v) is 4.72. The summed E-state index contributed by atoms with van der Waals surface area (Å²) >= 11 is 0. The molecule has 1 fully saturated rings. The normalized spacial score (nSPS) is 17.0. The van der Waals surface area contributed by atoms with Gasteiger partial charge in [-0.1, -0.05) is 49.6 Å². The largest absolute Gasteiger partial charge is 0.381 e. The van der Waals surface area contributed by atoms with Gasteiger partial charge in [0, 0.05) is 11.7 Å². The number of hydrogen-bond acceptors (Lipinski definition) is 2. The number of nitrogens with one attached hydrogen (secondary N) is 2. The fourth-order valence-corrected chi connectivity index (χ4v) is 3.39. The second kappa shape index (κ2) is 7.35. The van der Waals surface area contributed by atoms with Crippen molar-refractivity contribution < 1.29 is 0 Å². The van der Waals surface area contributed by atoms with Crippen molar-refractivity contribution in [3.05, 3.63) is 54.6 Å². The van der Waals surface area contributed by atoms with Crippen molar-refractivity contribution >= 4 is 17.1 Å². The Morgan fingerprint density at radius 2 is 1.45 bits per heavy atom. The van der Waals surface area contributed by atoms with Crippen molar-refractivity contribution in [2.24, 2.45) is 5.92 Å². The van der Waals surface area contributed by atoms with Gasteiger partial charge in [0.05, 0.1) is 11.4 Å². The molecule has 0 aromatic heterocycles. The third kappa shape index (κ3) is 3.82. The zero-order valence-corrected chi connectivity index (χ0v) is 13.4. The predicted octanol–water partition coefficient (Wildman–Crippen LogP) is 5.81. The Labute approximate surface area is 134 Å². The number of para-hydroxylation sites is 3. The molecule has 1 aliphatic carbocycles. The average Bonchev–Trinajstić information content (AvgIpc) is 2.58. The van der Waals surface area contributed by atoms with Crippen LogP contribution in [0.3, 0.4) is 0 Å². The molecule has 22 heavy (non-hydrogen) atoms. The molecule has 0 radical (unpaired) electrons. The Morgan fingerprint density at radius 3 is 2.18 bits per heavy atom.